The van der Waals surface area contributed by atoms with Crippen molar-refractivity contribution >= 4 is 5.57 Å². The zero-order valence-electron chi connectivity index (χ0n) is 9.26. The van der Waals surface area contributed by atoms with Gasteiger partial charge in [-0.05, 0) is 25.5 Å². The van der Waals surface area contributed by atoms with Crippen LogP contribution in [-0.4, -0.2) is 23.1 Å². The maximum atomic E-state index is 11.3. The second-order valence-electron chi connectivity index (χ2n) is 3.49. The predicted molar refractivity (Wildman–Crippen MR) is 61.8 cm³/mol. The van der Waals surface area contributed by atoms with Crippen LogP contribution < -0.4 is 10.9 Å². The second-order valence-corrected chi connectivity index (χ2v) is 3.49. The summed E-state index contributed by atoms with van der Waals surface area (Å²) in [6.45, 7) is 9.40. The first-order valence-electron chi connectivity index (χ1n) is 5.10. The van der Waals surface area contributed by atoms with E-state index in [9.17, 15) is 4.79 Å². The molecule has 0 aliphatic heterocycles. The van der Waals surface area contributed by atoms with Crippen molar-refractivity contribution in [1.82, 2.24) is 15.3 Å². The Morgan fingerprint density at radius 1 is 1.67 bits per heavy atom. The Morgan fingerprint density at radius 3 is 3.07 bits per heavy atom. The lowest BCUT2D eigenvalue weighted by Crippen LogP contribution is -2.20. The molecule has 1 aromatic rings. The van der Waals surface area contributed by atoms with E-state index in [4.69, 9.17) is 0 Å². The van der Waals surface area contributed by atoms with Crippen LogP contribution in [-0.2, 0) is 0 Å². The van der Waals surface area contributed by atoms with Crippen LogP contribution in [0.1, 0.15) is 24.6 Å². The van der Waals surface area contributed by atoms with Gasteiger partial charge in [-0.15, -0.1) is 0 Å². The number of aromatic nitrogens is 2. The van der Waals surface area contributed by atoms with Gasteiger partial charge in [-0.3, -0.25) is 4.79 Å². The van der Waals surface area contributed by atoms with Gasteiger partial charge in [-0.2, -0.15) is 0 Å². The Kier molecular flexibility index (Phi) is 4.24. The maximum absolute atomic E-state index is 11.3. The van der Waals surface area contributed by atoms with Crippen LogP contribution in [0.4, 0.5) is 0 Å². The van der Waals surface area contributed by atoms with E-state index >= 15 is 0 Å². The number of H-pyrrole nitrogens is 1. The monoisotopic (exact) mass is 207 g/mol. The van der Waals surface area contributed by atoms with Crippen molar-refractivity contribution in [1.29, 1.82) is 0 Å². The van der Waals surface area contributed by atoms with Gasteiger partial charge in [0.1, 0.15) is 0 Å². The molecule has 0 aliphatic rings. The molecule has 4 heteroatoms. The average molecular weight is 207 g/mol. The van der Waals surface area contributed by atoms with E-state index < -0.39 is 0 Å². The highest BCUT2D eigenvalue weighted by Gasteiger charge is 2.06. The predicted octanol–water partition coefficient (Wildman–Crippen LogP) is 1.09. The Labute approximate surface area is 89.4 Å². The van der Waals surface area contributed by atoms with Crippen LogP contribution >= 0.6 is 0 Å². The Morgan fingerprint density at radius 2 is 2.40 bits per heavy atom. The Hall–Kier alpha value is -1.42. The van der Waals surface area contributed by atoms with Gasteiger partial charge in [-0.25, -0.2) is 4.98 Å². The van der Waals surface area contributed by atoms with E-state index in [2.05, 4.69) is 28.8 Å². The fourth-order valence-corrected chi connectivity index (χ4v) is 1.32. The van der Waals surface area contributed by atoms with Crippen LogP contribution in [0, 0.1) is 6.92 Å². The number of aromatic amines is 1. The molecule has 1 rings (SSSR count). The van der Waals surface area contributed by atoms with E-state index in [1.807, 2.05) is 0 Å². The minimum atomic E-state index is -0.100. The summed E-state index contributed by atoms with van der Waals surface area (Å²) >= 11 is 0. The molecule has 4 nitrogen and oxygen atoms in total. The molecule has 1 aromatic heterocycles. The van der Waals surface area contributed by atoms with Gasteiger partial charge in [0.05, 0.1) is 12.0 Å². The lowest BCUT2D eigenvalue weighted by atomic mass is 10.1. The van der Waals surface area contributed by atoms with Crippen molar-refractivity contribution in [3.63, 3.8) is 0 Å². The van der Waals surface area contributed by atoms with Gasteiger partial charge in [0.2, 0.25) is 0 Å². The summed E-state index contributed by atoms with van der Waals surface area (Å²) in [5.41, 5.74) is 2.08. The van der Waals surface area contributed by atoms with E-state index in [0.717, 1.165) is 18.5 Å². The molecule has 0 aliphatic carbocycles. The summed E-state index contributed by atoms with van der Waals surface area (Å²) in [6, 6.07) is 0. The molecule has 0 saturated carbocycles. The van der Waals surface area contributed by atoms with Crippen molar-refractivity contribution in [3.05, 3.63) is 34.5 Å². The molecule has 15 heavy (non-hydrogen) atoms. The topological polar surface area (TPSA) is 57.8 Å². The molecule has 1 heterocycles. The minimum absolute atomic E-state index is 0.100. The zero-order valence-corrected chi connectivity index (χ0v) is 9.26. The van der Waals surface area contributed by atoms with E-state index in [1.165, 1.54) is 6.33 Å². The molecule has 2 N–H and O–H groups in total. The van der Waals surface area contributed by atoms with Crippen molar-refractivity contribution in [2.45, 2.75) is 20.3 Å². The molecule has 82 valence electrons. The van der Waals surface area contributed by atoms with Crippen LogP contribution in [0.15, 0.2) is 17.7 Å². The average Bonchev–Trinajstić information content (AvgIpc) is 2.22. The number of hydrogen-bond acceptors (Lipinski definition) is 3. The first-order valence-corrected chi connectivity index (χ1v) is 5.10. The molecular formula is C11H17N3O. The number of hydrogen-bond donors (Lipinski definition) is 2. The SMILES string of the molecule is C=C(CNCCC)c1nc[nH]c(=O)c1C. The third-order valence-corrected chi connectivity index (χ3v) is 2.19. The third-order valence-electron chi connectivity index (χ3n) is 2.19. The van der Waals surface area contributed by atoms with Crippen LogP contribution in [0.25, 0.3) is 5.57 Å². The molecule has 0 saturated heterocycles. The molecule has 0 atom stereocenters. The van der Waals surface area contributed by atoms with Gasteiger partial charge >= 0.3 is 0 Å². The lowest BCUT2D eigenvalue weighted by Gasteiger charge is -2.07. The van der Waals surface area contributed by atoms with Gasteiger partial charge in [0.25, 0.3) is 5.56 Å². The zero-order chi connectivity index (χ0) is 11.3. The molecule has 0 radical (unpaired) electrons. The highest BCUT2D eigenvalue weighted by molar-refractivity contribution is 5.63. The summed E-state index contributed by atoms with van der Waals surface area (Å²) < 4.78 is 0. The quantitative estimate of drug-likeness (QED) is 0.711. The highest BCUT2D eigenvalue weighted by atomic mass is 16.1. The van der Waals surface area contributed by atoms with E-state index in [-0.39, 0.29) is 5.56 Å². The molecular weight excluding hydrogens is 190 g/mol. The van der Waals surface area contributed by atoms with Crippen molar-refractivity contribution in [3.8, 4) is 0 Å². The smallest absolute Gasteiger partial charge is 0.254 e. The normalized spacial score (nSPS) is 10.3. The Balaban J connectivity index is 2.74. The van der Waals surface area contributed by atoms with E-state index in [1.54, 1.807) is 6.92 Å². The van der Waals surface area contributed by atoms with Gasteiger partial charge in [0, 0.05) is 12.1 Å². The second kappa shape index (κ2) is 5.46. The standard InChI is InChI=1S/C11H17N3O/c1-4-5-12-6-8(2)10-9(3)11(15)14-7-13-10/h7,12H,2,4-6H2,1,3H3,(H,13,14,15). The molecule has 0 spiro atoms. The van der Waals surface area contributed by atoms with Crippen LogP contribution in [0.3, 0.4) is 0 Å². The molecule has 0 amide bonds. The Bertz CT molecular complexity index is 395. The molecule has 0 bridgehead atoms. The summed E-state index contributed by atoms with van der Waals surface area (Å²) in [7, 11) is 0. The van der Waals surface area contributed by atoms with Gasteiger partial charge in [0.15, 0.2) is 0 Å². The summed E-state index contributed by atoms with van der Waals surface area (Å²) in [6.07, 6.45) is 2.49. The number of nitrogens with one attached hydrogen (secondary N) is 2. The third kappa shape index (κ3) is 3.02. The molecule has 0 unspecified atom stereocenters. The van der Waals surface area contributed by atoms with E-state index in [0.29, 0.717) is 17.8 Å². The minimum Gasteiger partial charge on any atom is -0.313 e. The lowest BCUT2D eigenvalue weighted by molar-refractivity contribution is 0.734. The summed E-state index contributed by atoms with van der Waals surface area (Å²) in [5, 5.41) is 3.23. The number of rotatable bonds is 5. The number of nitrogens with zero attached hydrogens (tertiary/aromatic N) is 1. The summed E-state index contributed by atoms with van der Waals surface area (Å²) in [4.78, 5) is 18.0. The highest BCUT2D eigenvalue weighted by Crippen LogP contribution is 2.08. The first kappa shape index (κ1) is 11.7. The first-order chi connectivity index (χ1) is 7.16. The van der Waals surface area contributed by atoms with Crippen molar-refractivity contribution in [2.24, 2.45) is 0 Å². The molecule has 0 aromatic carbocycles. The van der Waals surface area contributed by atoms with Crippen molar-refractivity contribution < 1.29 is 0 Å². The van der Waals surface area contributed by atoms with Gasteiger partial charge in [-0.1, -0.05) is 13.5 Å². The van der Waals surface area contributed by atoms with Crippen LogP contribution in [0.2, 0.25) is 0 Å². The van der Waals surface area contributed by atoms with Crippen LogP contribution in [0.5, 0.6) is 0 Å². The fraction of sp³-hybridized carbons (Fsp3) is 0.455. The van der Waals surface area contributed by atoms with Crippen molar-refractivity contribution in [2.75, 3.05) is 13.1 Å². The fourth-order valence-electron chi connectivity index (χ4n) is 1.32. The summed E-state index contributed by atoms with van der Waals surface area (Å²) in [5.74, 6) is 0. The van der Waals surface area contributed by atoms with Gasteiger partial charge < -0.3 is 10.3 Å². The largest absolute Gasteiger partial charge is 0.313 e. The molecule has 0 fully saturated rings. The maximum Gasteiger partial charge on any atom is 0.254 e.